The molecule has 53 heavy (non-hydrogen) atoms. The number of nitrogens with two attached hydrogens (primary N) is 4. The van der Waals surface area contributed by atoms with Crippen LogP contribution in [0.25, 0.3) is 10.9 Å². The van der Waals surface area contributed by atoms with Crippen molar-refractivity contribution in [2.45, 2.75) is 75.2 Å². The number of aliphatic carboxylic acids is 2. The van der Waals surface area contributed by atoms with Gasteiger partial charge in [-0.3, -0.25) is 43.2 Å². The van der Waals surface area contributed by atoms with Gasteiger partial charge in [-0.2, -0.15) is 0 Å². The second kappa shape index (κ2) is 20.3. The molecule has 0 fully saturated rings. The lowest BCUT2D eigenvalue weighted by atomic mass is 10.0. The Bertz CT molecular complexity index is 1730. The number of hydrogen-bond donors (Lipinski definition) is 12. The lowest BCUT2D eigenvalue weighted by Gasteiger charge is -2.25. The second-order valence-electron chi connectivity index (χ2n) is 11.8. The van der Waals surface area contributed by atoms with Gasteiger partial charge in [-0.15, -0.1) is 0 Å². The molecule has 0 aliphatic rings. The number of carboxylic acids is 2. The molecule has 1 aromatic carbocycles. The Morgan fingerprint density at radius 2 is 1.23 bits per heavy atom. The summed E-state index contributed by atoms with van der Waals surface area (Å²) < 4.78 is 0. The van der Waals surface area contributed by atoms with Crippen LogP contribution >= 0.6 is 0 Å². The molecule has 0 saturated carbocycles. The molecule has 2 rings (SSSR count). The average molecular weight is 747 g/mol. The van der Waals surface area contributed by atoms with Crippen LogP contribution in [-0.2, 0) is 54.4 Å². The molecule has 0 saturated heterocycles. The summed E-state index contributed by atoms with van der Waals surface area (Å²) in [6.45, 7) is -0.710. The van der Waals surface area contributed by atoms with Crippen LogP contribution in [0.1, 0.15) is 44.1 Å². The Morgan fingerprint density at radius 3 is 1.83 bits per heavy atom. The molecule has 2 aromatic rings. The minimum atomic E-state index is -1.89. The number of aromatic amines is 1. The molecule has 288 valence electrons. The maximum Gasteiger partial charge on any atom is 0.326 e. The zero-order valence-corrected chi connectivity index (χ0v) is 28.2. The van der Waals surface area contributed by atoms with Crippen LogP contribution in [0.2, 0.25) is 0 Å². The van der Waals surface area contributed by atoms with E-state index < -0.39 is 122 Å². The van der Waals surface area contributed by atoms with E-state index in [1.165, 1.54) is 6.20 Å². The van der Waals surface area contributed by atoms with Gasteiger partial charge in [0.2, 0.25) is 47.3 Å². The summed E-state index contributed by atoms with van der Waals surface area (Å²) in [5, 5.41) is 30.3. The fourth-order valence-corrected chi connectivity index (χ4v) is 4.86. The van der Waals surface area contributed by atoms with Crippen molar-refractivity contribution in [3.63, 3.8) is 0 Å². The minimum absolute atomic E-state index is 0.109. The second-order valence-corrected chi connectivity index (χ2v) is 11.8. The van der Waals surface area contributed by atoms with E-state index >= 15 is 0 Å². The smallest absolute Gasteiger partial charge is 0.326 e. The van der Waals surface area contributed by atoms with Gasteiger partial charge in [0, 0.05) is 36.4 Å². The van der Waals surface area contributed by atoms with E-state index in [1.807, 2.05) is 0 Å². The first-order valence-electron chi connectivity index (χ1n) is 16.0. The first kappa shape index (κ1) is 42.6. The molecular formula is C31H42N10O12. The van der Waals surface area contributed by atoms with Crippen molar-refractivity contribution in [2.75, 3.05) is 6.54 Å². The summed E-state index contributed by atoms with van der Waals surface area (Å²) >= 11 is 0. The maximum absolute atomic E-state index is 13.6. The van der Waals surface area contributed by atoms with Gasteiger partial charge < -0.3 is 64.7 Å². The molecule has 22 nitrogen and oxygen atoms in total. The molecule has 0 radical (unpaired) electrons. The fraction of sp³-hybridized carbons (Fsp3) is 0.419. The highest BCUT2D eigenvalue weighted by Gasteiger charge is 2.33. The molecule has 1 aromatic heterocycles. The first-order valence-corrected chi connectivity index (χ1v) is 16.0. The van der Waals surface area contributed by atoms with Crippen LogP contribution in [0.4, 0.5) is 0 Å². The van der Waals surface area contributed by atoms with Crippen LogP contribution in [0.5, 0.6) is 0 Å². The Morgan fingerprint density at radius 1 is 0.660 bits per heavy atom. The number of amides is 8. The molecular weight excluding hydrogens is 704 g/mol. The average Bonchev–Trinajstić information content (AvgIpc) is 3.48. The number of rotatable bonds is 23. The molecule has 16 N–H and O–H groups in total. The molecule has 1 heterocycles. The molecule has 0 aliphatic heterocycles. The summed E-state index contributed by atoms with van der Waals surface area (Å²) in [7, 11) is 0. The minimum Gasteiger partial charge on any atom is -0.481 e. The summed E-state index contributed by atoms with van der Waals surface area (Å²) in [5.41, 5.74) is 22.3. The number of hydrogen-bond acceptors (Lipinski definition) is 11. The number of primary amides is 3. The van der Waals surface area contributed by atoms with E-state index in [0.29, 0.717) is 16.5 Å². The van der Waals surface area contributed by atoms with Crippen molar-refractivity contribution in [3.8, 4) is 0 Å². The van der Waals surface area contributed by atoms with Crippen LogP contribution in [0, 0.1) is 0 Å². The van der Waals surface area contributed by atoms with Gasteiger partial charge in [-0.25, -0.2) is 4.79 Å². The number of aromatic nitrogens is 1. The van der Waals surface area contributed by atoms with Crippen LogP contribution in [0.3, 0.4) is 0 Å². The Hall–Kier alpha value is -6.58. The number of benzene rings is 1. The normalized spacial score (nSPS) is 13.6. The molecule has 0 unspecified atom stereocenters. The summed E-state index contributed by atoms with van der Waals surface area (Å²) in [4.78, 5) is 125. The van der Waals surface area contributed by atoms with Crippen molar-refractivity contribution >= 4 is 70.1 Å². The highest BCUT2D eigenvalue weighted by molar-refractivity contribution is 5.98. The van der Waals surface area contributed by atoms with Gasteiger partial charge in [0.1, 0.15) is 24.2 Å². The van der Waals surface area contributed by atoms with Gasteiger partial charge in [0.05, 0.1) is 25.4 Å². The fourth-order valence-electron chi connectivity index (χ4n) is 4.86. The highest BCUT2D eigenvalue weighted by atomic mass is 16.4. The maximum atomic E-state index is 13.6. The molecule has 22 heteroatoms. The number of carbonyl (C=O) groups is 10. The van der Waals surface area contributed by atoms with E-state index in [9.17, 15) is 53.1 Å². The van der Waals surface area contributed by atoms with Crippen molar-refractivity contribution in [1.29, 1.82) is 0 Å². The van der Waals surface area contributed by atoms with Gasteiger partial charge >= 0.3 is 11.9 Å². The summed E-state index contributed by atoms with van der Waals surface area (Å²) in [5.74, 6) is -11.1. The van der Waals surface area contributed by atoms with Crippen LogP contribution < -0.4 is 49.5 Å². The number of H-pyrrole nitrogens is 1. The molecule has 0 aliphatic carbocycles. The van der Waals surface area contributed by atoms with Crippen molar-refractivity contribution in [1.82, 2.24) is 31.6 Å². The van der Waals surface area contributed by atoms with Gasteiger partial charge in [-0.1, -0.05) is 18.2 Å². The highest BCUT2D eigenvalue weighted by Crippen LogP contribution is 2.19. The standard InChI is InChI=1S/C31H42N10O12/c32-16(5-7-22(33)42)27(48)37-13-25(45)38-18(6-8-23(34)43)28(49)40-20(10-24(35)44)30(51)39-19(29(50)41-21(31(52)53)11-26(46)47)9-14-12-36-17-4-2-1-3-15(14)17/h1-4,12,16,18-21,36H,5-11,13,32H2,(H2,33,42)(H2,34,43)(H2,35,44)(H,37,48)(H,38,45)(H,39,51)(H,40,49)(H,41,50)(H,46,47)(H,52,53)/t16-,18-,19-,20-,21-/m0/s1. The Balaban J connectivity index is 2.30. The van der Waals surface area contributed by atoms with E-state index in [0.717, 1.165) is 0 Å². The predicted molar refractivity (Wildman–Crippen MR) is 181 cm³/mol. The third kappa shape index (κ3) is 14.7. The number of carboxylic acid groups (broad SMARTS) is 2. The first-order chi connectivity index (χ1) is 24.9. The number of nitrogens with one attached hydrogen (secondary N) is 6. The van der Waals surface area contributed by atoms with E-state index in [2.05, 4.69) is 31.6 Å². The Labute approximate surface area is 300 Å². The molecule has 8 amide bonds. The third-order valence-electron chi connectivity index (χ3n) is 7.56. The molecule has 0 spiro atoms. The van der Waals surface area contributed by atoms with Crippen LogP contribution in [0.15, 0.2) is 30.5 Å². The topological polar surface area (TPSA) is 391 Å². The van der Waals surface area contributed by atoms with Gasteiger partial charge in [-0.05, 0) is 24.5 Å². The summed E-state index contributed by atoms with van der Waals surface area (Å²) in [6, 6.07) is -1.21. The lowest BCUT2D eigenvalue weighted by molar-refractivity contribution is -0.147. The lowest BCUT2D eigenvalue weighted by Crippen LogP contribution is -2.59. The molecule has 0 bridgehead atoms. The predicted octanol–water partition coefficient (Wildman–Crippen LogP) is -4.94. The zero-order chi connectivity index (χ0) is 39.8. The third-order valence-corrected chi connectivity index (χ3v) is 7.56. The van der Waals surface area contributed by atoms with E-state index in [1.54, 1.807) is 24.3 Å². The number of para-hydroxylation sites is 1. The van der Waals surface area contributed by atoms with Gasteiger partial charge in [0.15, 0.2) is 0 Å². The van der Waals surface area contributed by atoms with E-state index in [-0.39, 0.29) is 19.3 Å². The van der Waals surface area contributed by atoms with Crippen molar-refractivity contribution in [3.05, 3.63) is 36.0 Å². The van der Waals surface area contributed by atoms with Crippen molar-refractivity contribution in [2.24, 2.45) is 22.9 Å². The number of fused-ring (bicyclic) bond motifs is 1. The SMILES string of the molecule is NC(=O)CC[C@H](NC(=O)CNC(=O)[C@@H](N)CCC(N)=O)C(=O)N[C@@H](CC(N)=O)C(=O)N[C@@H](Cc1c[nH]c2ccccc12)C(=O)N[C@@H](CC(=O)O)C(=O)O. The van der Waals surface area contributed by atoms with Crippen molar-refractivity contribution < 1.29 is 58.2 Å². The monoisotopic (exact) mass is 746 g/mol. The summed E-state index contributed by atoms with van der Waals surface area (Å²) in [6.07, 6.45) is -1.76. The van der Waals surface area contributed by atoms with Crippen LogP contribution in [-0.4, -0.2) is 111 Å². The largest absolute Gasteiger partial charge is 0.481 e. The molecule has 5 atom stereocenters. The Kier molecular flexibility index (Phi) is 16.3. The van der Waals surface area contributed by atoms with E-state index in [4.69, 9.17) is 28.0 Å². The van der Waals surface area contributed by atoms with Gasteiger partial charge in [0.25, 0.3) is 0 Å². The number of carbonyl (C=O) groups excluding carboxylic acids is 8. The zero-order valence-electron chi connectivity index (χ0n) is 28.2. The quantitative estimate of drug-likeness (QED) is 0.0508.